The van der Waals surface area contributed by atoms with Crippen LogP contribution in [0.5, 0.6) is 0 Å². The third-order valence-electron chi connectivity index (χ3n) is 2.84. The third-order valence-corrected chi connectivity index (χ3v) is 2.84. The summed E-state index contributed by atoms with van der Waals surface area (Å²) in [6.45, 7) is 4.06. The molecule has 0 spiro atoms. The zero-order valence-corrected chi connectivity index (χ0v) is 10.8. The van der Waals surface area contributed by atoms with Gasteiger partial charge in [-0.3, -0.25) is 4.79 Å². The van der Waals surface area contributed by atoms with Crippen molar-refractivity contribution in [3.8, 4) is 0 Å². The Labute approximate surface area is 106 Å². The number of hydrogen-bond acceptors (Lipinski definition) is 4. The van der Waals surface area contributed by atoms with Crippen LogP contribution in [0.3, 0.4) is 0 Å². The number of carbonyl (C=O) groups is 2. The highest BCUT2D eigenvalue weighted by atomic mass is 16.6. The number of carboxylic acids is 1. The normalized spacial score (nSPS) is 19.9. The first kappa shape index (κ1) is 14.5. The van der Waals surface area contributed by atoms with E-state index in [1.807, 2.05) is 6.92 Å². The van der Waals surface area contributed by atoms with Crippen LogP contribution in [0, 0.1) is 0 Å². The predicted molar refractivity (Wildman–Crippen MR) is 66.3 cm³/mol. The van der Waals surface area contributed by atoms with Gasteiger partial charge in [0.05, 0.1) is 0 Å². The number of carbonyl (C=O) groups excluding carboxylic acids is 1. The van der Waals surface area contributed by atoms with E-state index in [1.54, 1.807) is 0 Å². The summed E-state index contributed by atoms with van der Waals surface area (Å²) in [5.74, 6) is -1.43. The van der Waals surface area contributed by atoms with E-state index in [9.17, 15) is 9.59 Å². The molecule has 0 saturated heterocycles. The predicted octanol–water partition coefficient (Wildman–Crippen LogP) is 1.30. The van der Waals surface area contributed by atoms with Crippen molar-refractivity contribution < 1.29 is 19.5 Å². The molecule has 1 aliphatic heterocycles. The van der Waals surface area contributed by atoms with Gasteiger partial charge >= 0.3 is 5.97 Å². The van der Waals surface area contributed by atoms with E-state index in [0.29, 0.717) is 0 Å². The standard InChI is InChI=1S/C12H20N2O4/c1-3-4-5-6-8(2)13-11(15)10-7-9(12(16)17)14-18-10/h8,10H,3-7H2,1-2H3,(H,13,15)(H,16,17). The molecule has 0 aromatic rings. The van der Waals surface area contributed by atoms with Crippen molar-refractivity contribution in [3.05, 3.63) is 0 Å². The van der Waals surface area contributed by atoms with Gasteiger partial charge in [-0.15, -0.1) is 0 Å². The van der Waals surface area contributed by atoms with Crippen molar-refractivity contribution in [3.63, 3.8) is 0 Å². The Balaban J connectivity index is 2.28. The lowest BCUT2D eigenvalue weighted by atomic mass is 10.1. The highest BCUT2D eigenvalue weighted by molar-refractivity contribution is 6.36. The first-order chi connectivity index (χ1) is 8.54. The van der Waals surface area contributed by atoms with Gasteiger partial charge in [-0.1, -0.05) is 31.3 Å². The van der Waals surface area contributed by atoms with Crippen molar-refractivity contribution in [2.75, 3.05) is 0 Å². The highest BCUT2D eigenvalue weighted by Crippen LogP contribution is 2.11. The second-order valence-corrected chi connectivity index (χ2v) is 4.55. The zero-order valence-electron chi connectivity index (χ0n) is 10.8. The smallest absolute Gasteiger partial charge is 0.353 e. The molecule has 0 aliphatic carbocycles. The second kappa shape index (κ2) is 6.98. The molecule has 1 aliphatic rings. The fraction of sp³-hybridized carbons (Fsp3) is 0.750. The summed E-state index contributed by atoms with van der Waals surface area (Å²) in [5.41, 5.74) is -0.103. The lowest BCUT2D eigenvalue weighted by Crippen LogP contribution is -2.40. The number of nitrogens with one attached hydrogen (secondary N) is 1. The van der Waals surface area contributed by atoms with Gasteiger partial charge in [0.1, 0.15) is 0 Å². The van der Waals surface area contributed by atoms with Crippen LogP contribution in [-0.2, 0) is 14.4 Å². The van der Waals surface area contributed by atoms with Crippen molar-refractivity contribution in [2.24, 2.45) is 5.16 Å². The number of unbranched alkanes of at least 4 members (excludes halogenated alkanes) is 2. The summed E-state index contributed by atoms with van der Waals surface area (Å²) in [6.07, 6.45) is 3.50. The largest absolute Gasteiger partial charge is 0.477 e. The van der Waals surface area contributed by atoms with E-state index in [1.165, 1.54) is 0 Å². The van der Waals surface area contributed by atoms with Crippen LogP contribution in [0.2, 0.25) is 0 Å². The maximum Gasteiger partial charge on any atom is 0.353 e. The molecule has 1 amide bonds. The summed E-state index contributed by atoms with van der Waals surface area (Å²) in [7, 11) is 0. The van der Waals surface area contributed by atoms with Gasteiger partial charge in [0, 0.05) is 12.5 Å². The molecule has 0 fully saturated rings. The Bertz CT molecular complexity index is 341. The average Bonchev–Trinajstić information content (AvgIpc) is 2.78. The molecule has 6 heteroatoms. The monoisotopic (exact) mass is 256 g/mol. The molecule has 2 unspecified atom stereocenters. The molecule has 0 saturated carbocycles. The number of carboxylic acid groups (broad SMARTS) is 1. The molecule has 18 heavy (non-hydrogen) atoms. The molecule has 2 atom stereocenters. The van der Waals surface area contributed by atoms with Gasteiger partial charge < -0.3 is 15.3 Å². The van der Waals surface area contributed by atoms with E-state index in [4.69, 9.17) is 9.94 Å². The molecule has 2 N–H and O–H groups in total. The lowest BCUT2D eigenvalue weighted by molar-refractivity contribution is -0.132. The van der Waals surface area contributed by atoms with E-state index < -0.39 is 12.1 Å². The van der Waals surface area contributed by atoms with Crippen molar-refractivity contribution in [1.82, 2.24) is 5.32 Å². The molecule has 1 heterocycles. The van der Waals surface area contributed by atoms with E-state index in [2.05, 4.69) is 17.4 Å². The van der Waals surface area contributed by atoms with Gasteiger partial charge in [-0.05, 0) is 13.3 Å². The van der Waals surface area contributed by atoms with Gasteiger partial charge in [-0.25, -0.2) is 4.79 Å². The Morgan fingerprint density at radius 3 is 2.83 bits per heavy atom. The molecule has 0 bridgehead atoms. The van der Waals surface area contributed by atoms with Crippen molar-refractivity contribution in [1.29, 1.82) is 0 Å². The van der Waals surface area contributed by atoms with Crippen LogP contribution >= 0.6 is 0 Å². The SMILES string of the molecule is CCCCCC(C)NC(=O)C1CC(C(=O)O)=NO1. The van der Waals surface area contributed by atoms with Crippen molar-refractivity contribution in [2.45, 2.75) is 58.1 Å². The molecule has 0 aromatic heterocycles. The third kappa shape index (κ3) is 4.35. The fourth-order valence-electron chi connectivity index (χ4n) is 1.75. The zero-order chi connectivity index (χ0) is 13.5. The number of nitrogens with zero attached hydrogens (tertiary/aromatic N) is 1. The number of amides is 1. The summed E-state index contributed by atoms with van der Waals surface area (Å²) in [4.78, 5) is 27.2. The Morgan fingerprint density at radius 1 is 1.56 bits per heavy atom. The van der Waals surface area contributed by atoms with E-state index in [-0.39, 0.29) is 24.1 Å². The van der Waals surface area contributed by atoms with Crippen LogP contribution in [0.25, 0.3) is 0 Å². The van der Waals surface area contributed by atoms with Crippen LogP contribution < -0.4 is 5.32 Å². The average molecular weight is 256 g/mol. The summed E-state index contributed by atoms with van der Waals surface area (Å²) >= 11 is 0. The molecular weight excluding hydrogens is 236 g/mol. The first-order valence-electron chi connectivity index (χ1n) is 6.31. The first-order valence-corrected chi connectivity index (χ1v) is 6.31. The Morgan fingerprint density at radius 2 is 2.28 bits per heavy atom. The second-order valence-electron chi connectivity index (χ2n) is 4.55. The minimum absolute atomic E-state index is 0.0306. The van der Waals surface area contributed by atoms with Gasteiger partial charge in [-0.2, -0.15) is 0 Å². The summed E-state index contributed by atoms with van der Waals surface area (Å²) in [6, 6.07) is 0.0709. The van der Waals surface area contributed by atoms with Gasteiger partial charge in [0.15, 0.2) is 5.71 Å². The Kier molecular flexibility index (Phi) is 5.61. The molecule has 6 nitrogen and oxygen atoms in total. The highest BCUT2D eigenvalue weighted by Gasteiger charge is 2.31. The molecular formula is C12H20N2O4. The van der Waals surface area contributed by atoms with E-state index >= 15 is 0 Å². The van der Waals surface area contributed by atoms with Crippen LogP contribution in [0.15, 0.2) is 5.16 Å². The van der Waals surface area contributed by atoms with Gasteiger partial charge in [0.25, 0.3) is 5.91 Å². The lowest BCUT2D eigenvalue weighted by Gasteiger charge is -2.15. The number of rotatable bonds is 7. The fourth-order valence-corrected chi connectivity index (χ4v) is 1.75. The number of hydrogen-bond donors (Lipinski definition) is 2. The quantitative estimate of drug-likeness (QED) is 0.672. The maximum absolute atomic E-state index is 11.8. The van der Waals surface area contributed by atoms with Crippen LogP contribution in [0.4, 0.5) is 0 Å². The Hall–Kier alpha value is -1.59. The minimum Gasteiger partial charge on any atom is -0.477 e. The van der Waals surface area contributed by atoms with Crippen LogP contribution in [-0.4, -0.2) is 34.8 Å². The molecule has 0 aromatic carbocycles. The minimum atomic E-state index is -1.14. The summed E-state index contributed by atoms with van der Waals surface area (Å²) < 4.78 is 0. The topological polar surface area (TPSA) is 88.0 Å². The van der Waals surface area contributed by atoms with E-state index in [0.717, 1.165) is 25.7 Å². The number of aliphatic carboxylic acids is 1. The maximum atomic E-state index is 11.8. The van der Waals surface area contributed by atoms with Crippen LogP contribution in [0.1, 0.15) is 46.0 Å². The summed E-state index contributed by atoms with van der Waals surface area (Å²) in [5, 5.41) is 14.9. The molecule has 0 radical (unpaired) electrons. The molecule has 102 valence electrons. The van der Waals surface area contributed by atoms with Gasteiger partial charge in [0.2, 0.25) is 6.10 Å². The molecule has 1 rings (SSSR count). The number of oxime groups is 1. The van der Waals surface area contributed by atoms with Crippen molar-refractivity contribution >= 4 is 17.6 Å².